The van der Waals surface area contributed by atoms with Gasteiger partial charge >= 0.3 is 0 Å². The standard InChI is InChI=1S/C14H17ClN2O2/c1-9-4-5-11(7-12(9)15)17-8-10(6-13(17)18)14(19)16(2)3/h4-5,7,10H,6,8H2,1-3H3/t10-/m0/s1. The van der Waals surface area contributed by atoms with Crippen molar-refractivity contribution in [2.45, 2.75) is 13.3 Å². The lowest BCUT2D eigenvalue weighted by Crippen LogP contribution is -2.32. The molecule has 0 spiro atoms. The minimum Gasteiger partial charge on any atom is -0.349 e. The first-order valence-corrected chi connectivity index (χ1v) is 6.55. The van der Waals surface area contributed by atoms with E-state index in [0.29, 0.717) is 11.6 Å². The third-order valence-corrected chi connectivity index (χ3v) is 3.79. The van der Waals surface area contributed by atoms with E-state index < -0.39 is 0 Å². The Morgan fingerprint density at radius 1 is 1.42 bits per heavy atom. The van der Waals surface area contributed by atoms with E-state index in [1.165, 1.54) is 4.90 Å². The van der Waals surface area contributed by atoms with Gasteiger partial charge in [-0.2, -0.15) is 0 Å². The molecule has 0 unspecified atom stereocenters. The smallest absolute Gasteiger partial charge is 0.227 e. The fourth-order valence-electron chi connectivity index (χ4n) is 2.24. The Bertz CT molecular complexity index is 528. The van der Waals surface area contributed by atoms with Crippen molar-refractivity contribution in [3.8, 4) is 0 Å². The SMILES string of the molecule is Cc1ccc(N2C[C@@H](C(=O)N(C)C)CC2=O)cc1Cl. The molecule has 2 amide bonds. The van der Waals surface area contributed by atoms with Crippen molar-refractivity contribution in [3.63, 3.8) is 0 Å². The highest BCUT2D eigenvalue weighted by molar-refractivity contribution is 6.31. The number of nitrogens with zero attached hydrogens (tertiary/aromatic N) is 2. The molecule has 0 aliphatic carbocycles. The highest BCUT2D eigenvalue weighted by Gasteiger charge is 2.35. The molecule has 19 heavy (non-hydrogen) atoms. The van der Waals surface area contributed by atoms with Gasteiger partial charge in [-0.05, 0) is 24.6 Å². The van der Waals surface area contributed by atoms with E-state index in [0.717, 1.165) is 11.3 Å². The lowest BCUT2D eigenvalue weighted by molar-refractivity contribution is -0.133. The van der Waals surface area contributed by atoms with Gasteiger partial charge in [0, 0.05) is 37.8 Å². The Labute approximate surface area is 117 Å². The van der Waals surface area contributed by atoms with Crippen LogP contribution in [0.1, 0.15) is 12.0 Å². The minimum atomic E-state index is -0.262. The number of benzene rings is 1. The number of carbonyl (C=O) groups excluding carboxylic acids is 2. The van der Waals surface area contributed by atoms with E-state index in [2.05, 4.69) is 0 Å². The molecular weight excluding hydrogens is 264 g/mol. The molecule has 0 bridgehead atoms. The second kappa shape index (κ2) is 5.21. The number of hydrogen-bond donors (Lipinski definition) is 0. The summed E-state index contributed by atoms with van der Waals surface area (Å²) in [5.74, 6) is -0.295. The van der Waals surface area contributed by atoms with E-state index in [1.807, 2.05) is 19.1 Å². The highest BCUT2D eigenvalue weighted by atomic mass is 35.5. The van der Waals surface area contributed by atoms with Crippen molar-refractivity contribution in [1.29, 1.82) is 0 Å². The third kappa shape index (κ3) is 2.73. The summed E-state index contributed by atoms with van der Waals surface area (Å²) in [6, 6.07) is 5.52. The zero-order chi connectivity index (χ0) is 14.2. The van der Waals surface area contributed by atoms with Crippen LogP contribution in [0.25, 0.3) is 0 Å². The largest absolute Gasteiger partial charge is 0.349 e. The van der Waals surface area contributed by atoms with Crippen LogP contribution in [-0.4, -0.2) is 37.4 Å². The van der Waals surface area contributed by atoms with Crippen molar-refractivity contribution in [1.82, 2.24) is 4.90 Å². The van der Waals surface area contributed by atoms with E-state index >= 15 is 0 Å². The second-order valence-electron chi connectivity index (χ2n) is 5.07. The molecule has 1 aliphatic heterocycles. The maximum absolute atomic E-state index is 12.0. The zero-order valence-corrected chi connectivity index (χ0v) is 12.1. The van der Waals surface area contributed by atoms with Gasteiger partial charge in [0.05, 0.1) is 5.92 Å². The van der Waals surface area contributed by atoms with Gasteiger partial charge in [0.2, 0.25) is 11.8 Å². The fraction of sp³-hybridized carbons (Fsp3) is 0.429. The number of rotatable bonds is 2. The van der Waals surface area contributed by atoms with Gasteiger partial charge in [-0.15, -0.1) is 0 Å². The summed E-state index contributed by atoms with van der Waals surface area (Å²) in [5, 5.41) is 0.632. The maximum Gasteiger partial charge on any atom is 0.227 e. The summed E-state index contributed by atoms with van der Waals surface area (Å²) < 4.78 is 0. The second-order valence-corrected chi connectivity index (χ2v) is 5.48. The zero-order valence-electron chi connectivity index (χ0n) is 11.3. The van der Waals surface area contributed by atoms with E-state index in [1.54, 1.807) is 25.1 Å². The first kappa shape index (κ1) is 13.9. The van der Waals surface area contributed by atoms with Crippen molar-refractivity contribution >= 4 is 29.1 Å². The molecule has 1 aromatic carbocycles. The molecule has 1 heterocycles. The summed E-state index contributed by atoms with van der Waals surface area (Å²) in [7, 11) is 3.41. The quantitative estimate of drug-likeness (QED) is 0.832. The summed E-state index contributed by atoms with van der Waals surface area (Å²) in [5.41, 5.74) is 1.73. The van der Waals surface area contributed by atoms with Crippen LogP contribution < -0.4 is 4.90 Å². The first-order valence-electron chi connectivity index (χ1n) is 6.18. The van der Waals surface area contributed by atoms with Crippen LogP contribution in [0.5, 0.6) is 0 Å². The molecule has 2 rings (SSSR count). The van der Waals surface area contributed by atoms with Gasteiger partial charge < -0.3 is 9.80 Å². The molecule has 0 saturated carbocycles. The summed E-state index contributed by atoms with van der Waals surface area (Å²) in [6.45, 7) is 2.34. The van der Waals surface area contributed by atoms with Gasteiger partial charge in [0.1, 0.15) is 0 Å². The molecule has 0 aromatic heterocycles. The van der Waals surface area contributed by atoms with E-state index in [9.17, 15) is 9.59 Å². The van der Waals surface area contributed by atoms with Crippen molar-refractivity contribution in [2.24, 2.45) is 5.92 Å². The Morgan fingerprint density at radius 3 is 2.68 bits per heavy atom. The fourth-order valence-corrected chi connectivity index (χ4v) is 2.41. The van der Waals surface area contributed by atoms with Crippen molar-refractivity contribution < 1.29 is 9.59 Å². The van der Waals surface area contributed by atoms with Gasteiger partial charge in [-0.25, -0.2) is 0 Å². The Morgan fingerprint density at radius 2 is 2.11 bits per heavy atom. The lowest BCUT2D eigenvalue weighted by atomic mass is 10.1. The number of anilines is 1. The Hall–Kier alpha value is -1.55. The summed E-state index contributed by atoms with van der Waals surface area (Å²) in [4.78, 5) is 27.1. The maximum atomic E-state index is 12.0. The molecule has 102 valence electrons. The predicted molar refractivity (Wildman–Crippen MR) is 75.3 cm³/mol. The number of hydrogen-bond acceptors (Lipinski definition) is 2. The van der Waals surface area contributed by atoms with Crippen LogP contribution in [0.15, 0.2) is 18.2 Å². The van der Waals surface area contributed by atoms with Crippen molar-refractivity contribution in [2.75, 3.05) is 25.5 Å². The molecule has 0 N–H and O–H groups in total. The molecule has 1 saturated heterocycles. The Kier molecular flexibility index (Phi) is 3.80. The van der Waals surface area contributed by atoms with E-state index in [-0.39, 0.29) is 24.2 Å². The predicted octanol–water partition coefficient (Wildman–Crippen LogP) is 2.09. The van der Waals surface area contributed by atoms with Gasteiger partial charge in [0.25, 0.3) is 0 Å². The summed E-state index contributed by atoms with van der Waals surface area (Å²) >= 11 is 6.08. The van der Waals surface area contributed by atoms with Crippen LogP contribution >= 0.6 is 11.6 Å². The number of carbonyl (C=O) groups is 2. The van der Waals surface area contributed by atoms with Crippen molar-refractivity contribution in [3.05, 3.63) is 28.8 Å². The number of amides is 2. The molecule has 1 aromatic rings. The van der Waals surface area contributed by atoms with Gasteiger partial charge in [-0.3, -0.25) is 9.59 Å². The van der Waals surface area contributed by atoms with Crippen LogP contribution in [0.3, 0.4) is 0 Å². The average molecular weight is 281 g/mol. The van der Waals surface area contributed by atoms with Crippen LogP contribution in [-0.2, 0) is 9.59 Å². The minimum absolute atomic E-state index is 0.00550. The van der Waals surface area contributed by atoms with Crippen LogP contribution in [0.2, 0.25) is 5.02 Å². The topological polar surface area (TPSA) is 40.6 Å². The molecule has 0 radical (unpaired) electrons. The van der Waals surface area contributed by atoms with Gasteiger partial charge in [0.15, 0.2) is 0 Å². The molecule has 1 fully saturated rings. The van der Waals surface area contributed by atoms with Gasteiger partial charge in [-0.1, -0.05) is 17.7 Å². The number of aryl methyl sites for hydroxylation is 1. The van der Waals surface area contributed by atoms with Crippen LogP contribution in [0, 0.1) is 12.8 Å². The van der Waals surface area contributed by atoms with Crippen LogP contribution in [0.4, 0.5) is 5.69 Å². The third-order valence-electron chi connectivity index (χ3n) is 3.38. The molecular formula is C14H17ClN2O2. The average Bonchev–Trinajstić information content (AvgIpc) is 2.73. The molecule has 1 atom stereocenters. The molecule has 4 nitrogen and oxygen atoms in total. The normalized spacial score (nSPS) is 18.8. The molecule has 5 heteroatoms. The Balaban J connectivity index is 2.20. The summed E-state index contributed by atoms with van der Waals surface area (Å²) in [6.07, 6.45) is 0.266. The first-order chi connectivity index (χ1) is 8.90. The molecule has 1 aliphatic rings. The highest BCUT2D eigenvalue weighted by Crippen LogP contribution is 2.29. The monoisotopic (exact) mass is 280 g/mol. The lowest BCUT2D eigenvalue weighted by Gasteiger charge is -2.19. The number of halogens is 1. The van der Waals surface area contributed by atoms with E-state index in [4.69, 9.17) is 11.6 Å².